The second-order valence-corrected chi connectivity index (χ2v) is 8.17. The van der Waals surface area contributed by atoms with Gasteiger partial charge in [0.2, 0.25) is 12.4 Å². The summed E-state index contributed by atoms with van der Waals surface area (Å²) in [5.41, 5.74) is 0.581. The quantitative estimate of drug-likeness (QED) is 0.115. The van der Waals surface area contributed by atoms with Crippen LogP contribution in [0.4, 0.5) is 0 Å². The zero-order valence-electron chi connectivity index (χ0n) is 19.1. The summed E-state index contributed by atoms with van der Waals surface area (Å²) in [7, 11) is 0. The number of carboxylic acids is 1. The summed E-state index contributed by atoms with van der Waals surface area (Å²) in [6.45, 7) is -0.674. The number of rotatable bonds is 9. The molecule has 0 aromatic heterocycles. The molecule has 0 amide bonds. The van der Waals surface area contributed by atoms with E-state index in [1.807, 2.05) is 0 Å². The van der Waals surface area contributed by atoms with Crippen LogP contribution in [-0.2, 0) is 25.5 Å². The van der Waals surface area contributed by atoms with Gasteiger partial charge >= 0.3 is 11.9 Å². The third-order valence-corrected chi connectivity index (χ3v) is 5.48. The monoisotopic (exact) mass is 522 g/mol. The van der Waals surface area contributed by atoms with Gasteiger partial charge in [-0.25, -0.2) is 9.59 Å². The number of aliphatic carboxylic acids is 1. The van der Waals surface area contributed by atoms with E-state index >= 15 is 0 Å². The number of hydrogen-bond acceptors (Lipinski definition) is 12. The Morgan fingerprint density at radius 3 is 2.30 bits per heavy atom. The van der Waals surface area contributed by atoms with Gasteiger partial charge in [0.25, 0.3) is 0 Å². The number of carboxylic acid groups (broad SMARTS) is 1. The van der Waals surface area contributed by atoms with Crippen molar-refractivity contribution in [2.75, 3.05) is 6.61 Å². The number of aliphatic hydroxyl groups excluding tert-OH is 4. The van der Waals surface area contributed by atoms with E-state index in [4.69, 9.17) is 14.2 Å². The summed E-state index contributed by atoms with van der Waals surface area (Å²) in [4.78, 5) is 23.7. The lowest BCUT2D eigenvalue weighted by atomic mass is 9.99. The van der Waals surface area contributed by atoms with Crippen molar-refractivity contribution in [1.29, 1.82) is 0 Å². The number of ether oxygens (including phenoxy) is 3. The molecule has 2 aromatic carbocycles. The maximum atomic E-state index is 12.2. The first-order chi connectivity index (χ1) is 17.5. The highest BCUT2D eigenvalue weighted by atomic mass is 16.7. The van der Waals surface area contributed by atoms with Crippen LogP contribution >= 0.6 is 0 Å². The van der Waals surface area contributed by atoms with Crippen LogP contribution in [0.2, 0.25) is 0 Å². The fourth-order valence-corrected chi connectivity index (χ4v) is 3.45. The van der Waals surface area contributed by atoms with Gasteiger partial charge in [0, 0.05) is 12.5 Å². The van der Waals surface area contributed by atoms with E-state index in [9.17, 15) is 50.4 Å². The molecule has 13 heteroatoms. The second-order valence-electron chi connectivity index (χ2n) is 8.17. The standard InChI is InChI=1S/C24H26O13/c25-10-18-20(30)21(31)22(32)24(37-18)36-16-8-11(1-5-14(16)27)3-6-19(29)35-17(23(33)34)9-12-2-4-13(26)15(28)7-12/h1-8,17-18,20-22,24-28,30-32H,9-10H2,(H,33,34)/b6-3+/t17-,18+,20+,21-,22+,24+/m0/s1. The molecule has 3 rings (SSSR count). The lowest BCUT2D eigenvalue weighted by Gasteiger charge is -2.39. The molecule has 0 aliphatic carbocycles. The van der Waals surface area contributed by atoms with Crippen molar-refractivity contribution in [2.24, 2.45) is 0 Å². The van der Waals surface area contributed by atoms with Gasteiger partial charge in [0.1, 0.15) is 24.4 Å². The fraction of sp³-hybridized carbons (Fsp3) is 0.333. The number of hydrogen-bond donors (Lipinski definition) is 8. The SMILES string of the molecule is O=C(/C=C/c1ccc(O)c(O[C@@H]2O[C@H](CO)[C@@H](O)[C@H](O)[C@H]2O)c1)O[C@@H](Cc1ccc(O)c(O)c1)C(=O)O. The summed E-state index contributed by atoms with van der Waals surface area (Å²) in [5.74, 6) is -3.91. The molecule has 0 spiro atoms. The maximum Gasteiger partial charge on any atom is 0.345 e. The number of phenols is 3. The van der Waals surface area contributed by atoms with Crippen molar-refractivity contribution in [3.63, 3.8) is 0 Å². The highest BCUT2D eigenvalue weighted by Gasteiger charge is 2.44. The lowest BCUT2D eigenvalue weighted by molar-refractivity contribution is -0.277. The predicted molar refractivity (Wildman–Crippen MR) is 123 cm³/mol. The summed E-state index contributed by atoms with van der Waals surface area (Å²) >= 11 is 0. The van der Waals surface area contributed by atoms with Gasteiger partial charge in [0.15, 0.2) is 23.0 Å². The van der Waals surface area contributed by atoms with E-state index < -0.39 is 61.1 Å². The van der Waals surface area contributed by atoms with Crippen molar-refractivity contribution >= 4 is 18.0 Å². The molecular formula is C24H26O13. The normalized spacial score (nSPS) is 24.5. The maximum absolute atomic E-state index is 12.2. The van der Waals surface area contributed by atoms with Crippen molar-refractivity contribution in [3.8, 4) is 23.0 Å². The summed E-state index contributed by atoms with van der Waals surface area (Å²) in [6.07, 6.45) is -7.49. The first-order valence-corrected chi connectivity index (χ1v) is 10.9. The van der Waals surface area contributed by atoms with E-state index in [1.54, 1.807) is 0 Å². The molecule has 13 nitrogen and oxygen atoms in total. The van der Waals surface area contributed by atoms with E-state index in [0.29, 0.717) is 5.56 Å². The van der Waals surface area contributed by atoms with Gasteiger partial charge < -0.3 is 55.1 Å². The van der Waals surface area contributed by atoms with Gasteiger partial charge in [-0.3, -0.25) is 0 Å². The number of carbonyl (C=O) groups is 2. The van der Waals surface area contributed by atoms with Gasteiger partial charge in [0.05, 0.1) is 6.61 Å². The molecule has 6 atom stereocenters. The number of carbonyl (C=O) groups excluding carboxylic acids is 1. The van der Waals surface area contributed by atoms with Crippen LogP contribution in [0, 0.1) is 0 Å². The molecule has 0 radical (unpaired) electrons. The Hall–Kier alpha value is -3.88. The molecule has 0 bridgehead atoms. The highest BCUT2D eigenvalue weighted by molar-refractivity contribution is 5.89. The Kier molecular flexibility index (Phi) is 8.91. The molecule has 0 saturated carbocycles. The van der Waals surface area contributed by atoms with Crippen LogP contribution in [0.25, 0.3) is 6.08 Å². The minimum Gasteiger partial charge on any atom is -0.504 e. The van der Waals surface area contributed by atoms with Gasteiger partial charge in [-0.2, -0.15) is 0 Å². The number of aromatic hydroxyl groups is 3. The van der Waals surface area contributed by atoms with E-state index in [1.165, 1.54) is 36.4 Å². The zero-order valence-corrected chi connectivity index (χ0v) is 19.1. The van der Waals surface area contributed by atoms with E-state index in [-0.39, 0.29) is 29.2 Å². The van der Waals surface area contributed by atoms with Crippen molar-refractivity contribution in [3.05, 3.63) is 53.6 Å². The first kappa shape index (κ1) is 27.7. The third-order valence-electron chi connectivity index (χ3n) is 5.48. The van der Waals surface area contributed by atoms with Crippen molar-refractivity contribution < 1.29 is 64.7 Å². The Morgan fingerprint density at radius 2 is 1.65 bits per heavy atom. The molecule has 37 heavy (non-hydrogen) atoms. The Morgan fingerprint density at radius 1 is 0.946 bits per heavy atom. The summed E-state index contributed by atoms with van der Waals surface area (Å²) < 4.78 is 15.6. The average Bonchev–Trinajstić information content (AvgIpc) is 2.86. The van der Waals surface area contributed by atoms with Crippen molar-refractivity contribution in [2.45, 2.75) is 43.2 Å². The molecule has 1 saturated heterocycles. The number of esters is 1. The number of phenolic OH excluding ortho intramolecular Hbond substituents is 3. The number of benzene rings is 2. The van der Waals surface area contributed by atoms with Crippen LogP contribution in [0.1, 0.15) is 11.1 Å². The van der Waals surface area contributed by atoms with Crippen LogP contribution in [0.5, 0.6) is 23.0 Å². The fourth-order valence-electron chi connectivity index (χ4n) is 3.45. The first-order valence-electron chi connectivity index (χ1n) is 10.9. The summed E-state index contributed by atoms with van der Waals surface area (Å²) in [5, 5.41) is 77.5. The minimum absolute atomic E-state index is 0.226. The Labute approximate surface area is 209 Å². The molecule has 0 unspecified atom stereocenters. The molecule has 1 fully saturated rings. The summed E-state index contributed by atoms with van der Waals surface area (Å²) in [6, 6.07) is 7.49. The van der Waals surface area contributed by atoms with Crippen LogP contribution in [-0.4, -0.2) is 96.2 Å². The average molecular weight is 522 g/mol. The van der Waals surface area contributed by atoms with E-state index in [0.717, 1.165) is 12.1 Å². The van der Waals surface area contributed by atoms with Gasteiger partial charge in [-0.05, 0) is 41.5 Å². The molecule has 1 aliphatic heterocycles. The lowest BCUT2D eigenvalue weighted by Crippen LogP contribution is -2.60. The Balaban J connectivity index is 1.68. The largest absolute Gasteiger partial charge is 0.504 e. The predicted octanol–water partition coefficient (Wildman–Crippen LogP) is -0.766. The molecular weight excluding hydrogens is 496 g/mol. The van der Waals surface area contributed by atoms with Gasteiger partial charge in [-0.15, -0.1) is 0 Å². The minimum atomic E-state index is -1.71. The topological polar surface area (TPSA) is 224 Å². The smallest absolute Gasteiger partial charge is 0.345 e. The number of aliphatic hydroxyl groups is 4. The molecule has 8 N–H and O–H groups in total. The van der Waals surface area contributed by atoms with E-state index in [2.05, 4.69) is 0 Å². The third kappa shape index (κ3) is 6.87. The zero-order chi connectivity index (χ0) is 27.3. The van der Waals surface area contributed by atoms with Gasteiger partial charge in [-0.1, -0.05) is 12.1 Å². The molecule has 200 valence electrons. The Bertz CT molecular complexity index is 1150. The van der Waals surface area contributed by atoms with Crippen LogP contribution in [0.3, 0.4) is 0 Å². The van der Waals surface area contributed by atoms with Crippen LogP contribution in [0.15, 0.2) is 42.5 Å². The molecule has 1 aliphatic rings. The molecule has 1 heterocycles. The second kappa shape index (κ2) is 11.9. The molecule has 2 aromatic rings. The highest BCUT2D eigenvalue weighted by Crippen LogP contribution is 2.31. The van der Waals surface area contributed by atoms with Crippen LogP contribution < -0.4 is 4.74 Å². The van der Waals surface area contributed by atoms with Crippen molar-refractivity contribution in [1.82, 2.24) is 0 Å².